The van der Waals surface area contributed by atoms with Crippen LogP contribution in [0.3, 0.4) is 0 Å². The van der Waals surface area contributed by atoms with Gasteiger partial charge in [0.1, 0.15) is 6.07 Å². The van der Waals surface area contributed by atoms with E-state index in [1.165, 1.54) is 5.69 Å². The molecule has 1 fully saturated rings. The molecule has 2 aromatic rings. The van der Waals surface area contributed by atoms with Crippen LogP contribution in [0.1, 0.15) is 47.3 Å². The highest BCUT2D eigenvalue weighted by Crippen LogP contribution is 2.31. The summed E-state index contributed by atoms with van der Waals surface area (Å²) >= 11 is 0. The summed E-state index contributed by atoms with van der Waals surface area (Å²) in [4.78, 5) is 13.8. The van der Waals surface area contributed by atoms with Crippen LogP contribution in [-0.4, -0.2) is 29.1 Å². The van der Waals surface area contributed by atoms with Crippen molar-refractivity contribution >= 4 is 11.5 Å². The SMILES string of the molecule is CC(=O)c1ccc(C#N)c(N2CCC(c3ccn[nH]3)CC2)c1. The molecule has 0 spiro atoms. The topological polar surface area (TPSA) is 72.8 Å². The highest BCUT2D eigenvalue weighted by Gasteiger charge is 2.23. The van der Waals surface area contributed by atoms with E-state index in [0.717, 1.165) is 31.6 Å². The molecule has 1 aliphatic rings. The van der Waals surface area contributed by atoms with E-state index >= 15 is 0 Å². The zero-order valence-corrected chi connectivity index (χ0v) is 12.5. The number of carbonyl (C=O) groups is 1. The summed E-state index contributed by atoms with van der Waals surface area (Å²) in [5, 5.41) is 16.4. The largest absolute Gasteiger partial charge is 0.370 e. The first kappa shape index (κ1) is 14.3. The Balaban J connectivity index is 1.79. The average Bonchev–Trinajstić information content (AvgIpc) is 3.09. The van der Waals surface area contributed by atoms with E-state index in [1.807, 2.05) is 12.1 Å². The Kier molecular flexibility index (Phi) is 3.92. The molecule has 1 aliphatic heterocycles. The van der Waals surface area contributed by atoms with Crippen LogP contribution in [0, 0.1) is 11.3 Å². The molecule has 2 heterocycles. The maximum Gasteiger partial charge on any atom is 0.159 e. The van der Waals surface area contributed by atoms with Gasteiger partial charge in [-0.2, -0.15) is 10.4 Å². The number of piperidine rings is 1. The summed E-state index contributed by atoms with van der Waals surface area (Å²) in [6, 6.07) is 9.57. The monoisotopic (exact) mass is 294 g/mol. The van der Waals surface area contributed by atoms with Gasteiger partial charge in [-0.1, -0.05) is 0 Å². The molecule has 5 heteroatoms. The van der Waals surface area contributed by atoms with Gasteiger partial charge in [0.05, 0.1) is 11.3 Å². The Morgan fingerprint density at radius 3 is 2.73 bits per heavy atom. The molecule has 0 aliphatic carbocycles. The van der Waals surface area contributed by atoms with Crippen molar-refractivity contribution in [2.24, 2.45) is 0 Å². The number of nitrogens with one attached hydrogen (secondary N) is 1. The van der Waals surface area contributed by atoms with Crippen LogP contribution in [-0.2, 0) is 0 Å². The van der Waals surface area contributed by atoms with Crippen LogP contribution in [0.15, 0.2) is 30.5 Å². The number of anilines is 1. The predicted octanol–water partition coefficient (Wildman–Crippen LogP) is 2.87. The fourth-order valence-corrected chi connectivity index (χ4v) is 3.03. The number of nitriles is 1. The molecule has 22 heavy (non-hydrogen) atoms. The third-order valence-corrected chi connectivity index (χ3v) is 4.32. The second kappa shape index (κ2) is 6.02. The number of carbonyl (C=O) groups excluding carboxylic acids is 1. The van der Waals surface area contributed by atoms with Crippen LogP contribution in [0.5, 0.6) is 0 Å². The molecule has 0 unspecified atom stereocenters. The number of hydrogen-bond donors (Lipinski definition) is 1. The van der Waals surface area contributed by atoms with Gasteiger partial charge in [0, 0.05) is 36.5 Å². The van der Waals surface area contributed by atoms with E-state index < -0.39 is 0 Å². The zero-order valence-electron chi connectivity index (χ0n) is 12.5. The van der Waals surface area contributed by atoms with Crippen LogP contribution in [0.2, 0.25) is 0 Å². The molecule has 1 aromatic carbocycles. The Labute approximate surface area is 129 Å². The lowest BCUT2D eigenvalue weighted by Crippen LogP contribution is -2.33. The Morgan fingerprint density at radius 2 is 2.14 bits per heavy atom. The summed E-state index contributed by atoms with van der Waals surface area (Å²) < 4.78 is 0. The highest BCUT2D eigenvalue weighted by atomic mass is 16.1. The minimum atomic E-state index is 0.0260. The maximum atomic E-state index is 11.6. The fourth-order valence-electron chi connectivity index (χ4n) is 3.03. The van der Waals surface area contributed by atoms with Crippen molar-refractivity contribution in [3.8, 4) is 6.07 Å². The summed E-state index contributed by atoms with van der Waals surface area (Å²) in [7, 11) is 0. The van der Waals surface area contributed by atoms with Crippen molar-refractivity contribution < 1.29 is 4.79 Å². The van der Waals surface area contributed by atoms with E-state index in [-0.39, 0.29) is 5.78 Å². The lowest BCUT2D eigenvalue weighted by atomic mass is 9.93. The quantitative estimate of drug-likeness (QED) is 0.883. The first-order chi connectivity index (χ1) is 10.7. The second-order valence-electron chi connectivity index (χ2n) is 5.67. The number of aromatic amines is 1. The Hall–Kier alpha value is -2.61. The molecule has 0 radical (unpaired) electrons. The van der Waals surface area contributed by atoms with Gasteiger partial charge < -0.3 is 4.90 Å². The van der Waals surface area contributed by atoms with Crippen LogP contribution in [0.25, 0.3) is 0 Å². The molecule has 5 nitrogen and oxygen atoms in total. The number of hydrogen-bond acceptors (Lipinski definition) is 4. The van der Waals surface area contributed by atoms with Gasteiger partial charge in [-0.05, 0) is 44.0 Å². The maximum absolute atomic E-state index is 11.6. The average molecular weight is 294 g/mol. The molecule has 0 amide bonds. The molecule has 0 atom stereocenters. The third-order valence-electron chi connectivity index (χ3n) is 4.32. The number of nitrogens with zero attached hydrogens (tertiary/aromatic N) is 3. The van der Waals surface area contributed by atoms with Gasteiger partial charge >= 0.3 is 0 Å². The molecule has 1 saturated heterocycles. The van der Waals surface area contributed by atoms with Gasteiger partial charge in [-0.15, -0.1) is 0 Å². The van der Waals surface area contributed by atoms with Crippen molar-refractivity contribution in [3.63, 3.8) is 0 Å². The van der Waals surface area contributed by atoms with E-state index in [2.05, 4.69) is 21.2 Å². The Morgan fingerprint density at radius 1 is 1.36 bits per heavy atom. The number of H-pyrrole nitrogens is 1. The smallest absolute Gasteiger partial charge is 0.159 e. The van der Waals surface area contributed by atoms with Gasteiger partial charge in [0.25, 0.3) is 0 Å². The third kappa shape index (κ3) is 2.73. The number of benzene rings is 1. The van der Waals surface area contributed by atoms with Crippen LogP contribution in [0.4, 0.5) is 5.69 Å². The summed E-state index contributed by atoms with van der Waals surface area (Å²) in [6.07, 6.45) is 3.81. The normalized spacial score (nSPS) is 15.5. The zero-order chi connectivity index (χ0) is 15.5. The number of ketones is 1. The lowest BCUT2D eigenvalue weighted by molar-refractivity contribution is 0.101. The second-order valence-corrected chi connectivity index (χ2v) is 5.67. The summed E-state index contributed by atoms with van der Waals surface area (Å²) in [5.41, 5.74) is 3.34. The summed E-state index contributed by atoms with van der Waals surface area (Å²) in [5.74, 6) is 0.512. The predicted molar refractivity (Wildman–Crippen MR) is 83.9 cm³/mol. The van der Waals surface area contributed by atoms with E-state index in [4.69, 9.17) is 0 Å². The summed E-state index contributed by atoms with van der Waals surface area (Å²) in [6.45, 7) is 3.30. The molecule has 3 rings (SSSR count). The van der Waals surface area contributed by atoms with Crippen molar-refractivity contribution in [1.29, 1.82) is 5.26 Å². The molecular formula is C17H18N4O. The minimum absolute atomic E-state index is 0.0260. The number of aromatic nitrogens is 2. The first-order valence-electron chi connectivity index (χ1n) is 7.48. The van der Waals surface area contributed by atoms with Crippen molar-refractivity contribution in [2.75, 3.05) is 18.0 Å². The number of rotatable bonds is 3. The number of Topliss-reactive ketones (excluding diaryl/α,β-unsaturated/α-hetero) is 1. The van der Waals surface area contributed by atoms with E-state index in [0.29, 0.717) is 17.0 Å². The molecular weight excluding hydrogens is 276 g/mol. The molecule has 0 bridgehead atoms. The fraction of sp³-hybridized carbons (Fsp3) is 0.353. The lowest BCUT2D eigenvalue weighted by Gasteiger charge is -2.33. The minimum Gasteiger partial charge on any atom is -0.370 e. The highest BCUT2D eigenvalue weighted by molar-refractivity contribution is 5.95. The molecule has 112 valence electrons. The van der Waals surface area contributed by atoms with E-state index in [9.17, 15) is 10.1 Å². The molecule has 0 saturated carbocycles. The van der Waals surface area contributed by atoms with Crippen molar-refractivity contribution in [3.05, 3.63) is 47.3 Å². The van der Waals surface area contributed by atoms with Gasteiger partial charge in [0.15, 0.2) is 5.78 Å². The van der Waals surface area contributed by atoms with Gasteiger partial charge in [-0.25, -0.2) is 0 Å². The molecule has 1 aromatic heterocycles. The first-order valence-corrected chi connectivity index (χ1v) is 7.48. The van der Waals surface area contributed by atoms with Crippen LogP contribution >= 0.6 is 0 Å². The van der Waals surface area contributed by atoms with Crippen molar-refractivity contribution in [1.82, 2.24) is 10.2 Å². The van der Waals surface area contributed by atoms with Crippen molar-refractivity contribution in [2.45, 2.75) is 25.7 Å². The Bertz CT molecular complexity index is 707. The van der Waals surface area contributed by atoms with Crippen LogP contribution < -0.4 is 4.90 Å². The standard InChI is InChI=1S/C17H18N4O/c1-12(22)14-2-3-15(11-18)17(10-14)21-8-5-13(6-9-21)16-4-7-19-20-16/h2-4,7,10,13H,5-6,8-9H2,1H3,(H,19,20). The van der Waals surface area contributed by atoms with Gasteiger partial charge in [-0.3, -0.25) is 9.89 Å². The van der Waals surface area contributed by atoms with Gasteiger partial charge in [0.2, 0.25) is 0 Å². The van der Waals surface area contributed by atoms with E-state index in [1.54, 1.807) is 25.3 Å². The molecule has 1 N–H and O–H groups in total.